The van der Waals surface area contributed by atoms with Gasteiger partial charge < -0.3 is 0 Å². The van der Waals surface area contributed by atoms with Gasteiger partial charge in [-0.05, 0) is 23.1 Å². The van der Waals surface area contributed by atoms with Crippen molar-refractivity contribution < 1.29 is 4.79 Å². The number of benzene rings is 1. The van der Waals surface area contributed by atoms with Crippen LogP contribution < -0.4 is 0 Å². The molecule has 3 heteroatoms. The largest absolute Gasteiger partial charge is 0.298 e. The Morgan fingerprint density at radius 2 is 2.20 bits per heavy atom. The highest BCUT2D eigenvalue weighted by atomic mass is 32.1. The molecule has 0 radical (unpaired) electrons. The third kappa shape index (κ3) is 1.80. The Morgan fingerprint density at radius 3 is 2.93 bits per heavy atom. The number of aldehydes is 1. The van der Waals surface area contributed by atoms with E-state index in [-0.39, 0.29) is 0 Å². The van der Waals surface area contributed by atoms with Gasteiger partial charge in [0.05, 0.1) is 0 Å². The molecule has 1 heterocycles. The SMILES string of the molecule is N#Cc1sccc1-c1cccc(C=O)c1. The molecule has 1 aromatic heterocycles. The van der Waals surface area contributed by atoms with Gasteiger partial charge in [-0.25, -0.2) is 0 Å². The summed E-state index contributed by atoms with van der Waals surface area (Å²) in [5, 5.41) is 10.8. The molecule has 0 saturated carbocycles. The quantitative estimate of drug-likeness (QED) is 0.719. The number of nitrogens with zero attached hydrogens (tertiary/aromatic N) is 1. The van der Waals surface area contributed by atoms with Gasteiger partial charge in [0.15, 0.2) is 0 Å². The summed E-state index contributed by atoms with van der Waals surface area (Å²) in [6.45, 7) is 0. The van der Waals surface area contributed by atoms with Gasteiger partial charge in [0, 0.05) is 11.1 Å². The van der Waals surface area contributed by atoms with Crippen molar-refractivity contribution in [2.45, 2.75) is 0 Å². The fourth-order valence-electron chi connectivity index (χ4n) is 1.40. The summed E-state index contributed by atoms with van der Waals surface area (Å²) in [5.41, 5.74) is 2.44. The molecule has 2 rings (SSSR count). The van der Waals surface area contributed by atoms with Crippen LogP contribution in [0.2, 0.25) is 0 Å². The summed E-state index contributed by atoms with van der Waals surface area (Å²) in [6, 6.07) is 11.3. The fourth-order valence-corrected chi connectivity index (χ4v) is 2.11. The van der Waals surface area contributed by atoms with Crippen molar-refractivity contribution in [3.05, 3.63) is 46.2 Å². The van der Waals surface area contributed by atoms with Crippen LogP contribution in [0.15, 0.2) is 35.7 Å². The predicted octanol–water partition coefficient (Wildman–Crippen LogP) is 3.10. The highest BCUT2D eigenvalue weighted by Gasteiger charge is 2.06. The van der Waals surface area contributed by atoms with Gasteiger partial charge in [-0.3, -0.25) is 4.79 Å². The van der Waals surface area contributed by atoms with E-state index in [1.807, 2.05) is 23.6 Å². The maximum Gasteiger partial charge on any atom is 0.150 e. The van der Waals surface area contributed by atoms with Crippen molar-refractivity contribution in [2.75, 3.05) is 0 Å². The zero-order valence-electron chi connectivity index (χ0n) is 7.81. The number of hydrogen-bond acceptors (Lipinski definition) is 3. The molecule has 0 aliphatic heterocycles. The number of hydrogen-bond donors (Lipinski definition) is 0. The van der Waals surface area contributed by atoms with Crippen molar-refractivity contribution >= 4 is 17.6 Å². The normalized spacial score (nSPS) is 9.53. The van der Waals surface area contributed by atoms with Gasteiger partial charge in [-0.2, -0.15) is 5.26 Å². The van der Waals surface area contributed by atoms with Crippen molar-refractivity contribution in [1.29, 1.82) is 5.26 Å². The van der Waals surface area contributed by atoms with E-state index in [0.29, 0.717) is 10.4 Å². The zero-order valence-corrected chi connectivity index (χ0v) is 8.62. The van der Waals surface area contributed by atoms with Crippen molar-refractivity contribution in [1.82, 2.24) is 0 Å². The molecule has 72 valence electrons. The number of thiophene rings is 1. The van der Waals surface area contributed by atoms with Crippen LogP contribution >= 0.6 is 11.3 Å². The van der Waals surface area contributed by atoms with Gasteiger partial charge in [0.1, 0.15) is 17.2 Å². The molecular weight excluding hydrogens is 206 g/mol. The monoisotopic (exact) mass is 213 g/mol. The first-order chi connectivity index (χ1) is 7.35. The van der Waals surface area contributed by atoms with Gasteiger partial charge >= 0.3 is 0 Å². The first-order valence-electron chi connectivity index (χ1n) is 4.38. The predicted molar refractivity (Wildman–Crippen MR) is 59.9 cm³/mol. The average molecular weight is 213 g/mol. The molecule has 1 aromatic carbocycles. The van der Waals surface area contributed by atoms with Crippen LogP contribution in [-0.2, 0) is 0 Å². The summed E-state index contributed by atoms with van der Waals surface area (Å²) < 4.78 is 0. The van der Waals surface area contributed by atoms with Gasteiger partial charge in [0.2, 0.25) is 0 Å². The van der Waals surface area contributed by atoms with E-state index in [9.17, 15) is 4.79 Å². The Kier molecular flexibility index (Phi) is 2.61. The minimum atomic E-state index is 0.627. The summed E-state index contributed by atoms with van der Waals surface area (Å²) in [7, 11) is 0. The Morgan fingerprint density at radius 1 is 1.33 bits per heavy atom. The van der Waals surface area contributed by atoms with E-state index in [1.54, 1.807) is 12.1 Å². The molecule has 0 saturated heterocycles. The summed E-state index contributed by atoms with van der Waals surface area (Å²) in [6.07, 6.45) is 0.807. The lowest BCUT2D eigenvalue weighted by Crippen LogP contribution is -1.82. The summed E-state index contributed by atoms with van der Waals surface area (Å²) >= 11 is 1.41. The van der Waals surface area contributed by atoms with E-state index in [1.165, 1.54) is 11.3 Å². The lowest BCUT2D eigenvalue weighted by atomic mass is 10.0. The fraction of sp³-hybridized carbons (Fsp3) is 0. The molecule has 0 unspecified atom stereocenters. The van der Waals surface area contributed by atoms with Gasteiger partial charge in [0.25, 0.3) is 0 Å². The summed E-state index contributed by atoms with van der Waals surface area (Å²) in [4.78, 5) is 11.3. The molecule has 0 spiro atoms. The van der Waals surface area contributed by atoms with Crippen LogP contribution in [0.25, 0.3) is 11.1 Å². The second kappa shape index (κ2) is 4.07. The number of carbonyl (C=O) groups excluding carboxylic acids is 1. The van der Waals surface area contributed by atoms with E-state index in [2.05, 4.69) is 6.07 Å². The number of rotatable bonds is 2. The van der Waals surface area contributed by atoms with E-state index < -0.39 is 0 Å². The topological polar surface area (TPSA) is 40.9 Å². The molecule has 0 fully saturated rings. The molecule has 0 N–H and O–H groups in total. The minimum Gasteiger partial charge on any atom is -0.298 e. The van der Waals surface area contributed by atoms with Crippen LogP contribution in [0.5, 0.6) is 0 Å². The molecular formula is C12H7NOS. The van der Waals surface area contributed by atoms with E-state index in [0.717, 1.165) is 17.4 Å². The van der Waals surface area contributed by atoms with Crippen molar-refractivity contribution in [3.63, 3.8) is 0 Å². The lowest BCUT2D eigenvalue weighted by molar-refractivity contribution is 0.112. The second-order valence-electron chi connectivity index (χ2n) is 3.02. The van der Waals surface area contributed by atoms with Crippen LogP contribution in [0.3, 0.4) is 0 Å². The Balaban J connectivity index is 2.55. The lowest BCUT2D eigenvalue weighted by Gasteiger charge is -1.99. The standard InChI is InChI=1S/C12H7NOS/c13-7-12-11(4-5-15-12)10-3-1-2-9(6-10)8-14/h1-6,8H. The first kappa shape index (κ1) is 9.63. The first-order valence-corrected chi connectivity index (χ1v) is 5.26. The Labute approximate surface area is 91.4 Å². The number of nitriles is 1. The molecule has 15 heavy (non-hydrogen) atoms. The maximum atomic E-state index is 10.6. The van der Waals surface area contributed by atoms with Crippen molar-refractivity contribution in [3.8, 4) is 17.2 Å². The highest BCUT2D eigenvalue weighted by Crippen LogP contribution is 2.27. The van der Waals surface area contributed by atoms with Gasteiger partial charge in [-0.15, -0.1) is 11.3 Å². The van der Waals surface area contributed by atoms with Gasteiger partial charge in [-0.1, -0.05) is 18.2 Å². The smallest absolute Gasteiger partial charge is 0.150 e. The molecule has 2 nitrogen and oxygen atoms in total. The number of carbonyl (C=O) groups is 1. The Hall–Kier alpha value is -1.92. The molecule has 0 bridgehead atoms. The zero-order chi connectivity index (χ0) is 10.7. The maximum absolute atomic E-state index is 10.6. The van der Waals surface area contributed by atoms with Crippen LogP contribution in [0, 0.1) is 11.3 Å². The molecule has 0 atom stereocenters. The van der Waals surface area contributed by atoms with Crippen LogP contribution in [0.4, 0.5) is 0 Å². The average Bonchev–Trinajstić information content (AvgIpc) is 2.77. The second-order valence-corrected chi connectivity index (χ2v) is 3.93. The molecule has 2 aromatic rings. The van der Waals surface area contributed by atoms with Crippen LogP contribution in [0.1, 0.15) is 15.2 Å². The van der Waals surface area contributed by atoms with Crippen molar-refractivity contribution in [2.24, 2.45) is 0 Å². The minimum absolute atomic E-state index is 0.627. The third-order valence-electron chi connectivity index (χ3n) is 2.10. The van der Waals surface area contributed by atoms with E-state index in [4.69, 9.17) is 5.26 Å². The molecule has 0 aliphatic rings. The van der Waals surface area contributed by atoms with Crippen LogP contribution in [-0.4, -0.2) is 6.29 Å². The third-order valence-corrected chi connectivity index (χ3v) is 2.92. The molecule has 0 amide bonds. The Bertz CT molecular complexity index is 537. The van der Waals surface area contributed by atoms with E-state index >= 15 is 0 Å². The molecule has 0 aliphatic carbocycles. The highest BCUT2D eigenvalue weighted by molar-refractivity contribution is 7.11. The summed E-state index contributed by atoms with van der Waals surface area (Å²) in [5.74, 6) is 0.